The zero-order valence-corrected chi connectivity index (χ0v) is 14.0. The molecule has 140 valence electrons. The highest BCUT2D eigenvalue weighted by Gasteiger charge is 2.38. The lowest BCUT2D eigenvalue weighted by molar-refractivity contribution is -0.157. The maximum absolute atomic E-state index is 12.5. The van der Waals surface area contributed by atoms with Gasteiger partial charge in [0.25, 0.3) is 5.78 Å². The maximum atomic E-state index is 12.5. The number of hydrogen-bond donors (Lipinski definition) is 1. The second-order valence-electron chi connectivity index (χ2n) is 6.06. The van der Waals surface area contributed by atoms with E-state index in [9.17, 15) is 22.8 Å². The van der Waals surface area contributed by atoms with Crippen molar-refractivity contribution in [2.75, 3.05) is 25.5 Å². The first kappa shape index (κ1) is 17.9. The number of fused-ring (bicyclic) bond motifs is 1. The molecule has 1 fully saturated rings. The molecular formula is C14H16F3N7O2. The van der Waals surface area contributed by atoms with E-state index in [0.717, 1.165) is 4.90 Å². The molecule has 0 aliphatic carbocycles. The van der Waals surface area contributed by atoms with E-state index in [2.05, 4.69) is 15.1 Å². The molecule has 0 atom stereocenters. The Morgan fingerprint density at radius 1 is 1.27 bits per heavy atom. The molecule has 2 aromatic rings. The Bertz CT molecular complexity index is 893. The van der Waals surface area contributed by atoms with E-state index in [4.69, 9.17) is 5.73 Å². The number of aryl methyl sites for hydroxylation is 2. The molecule has 1 saturated heterocycles. The van der Waals surface area contributed by atoms with Crippen molar-refractivity contribution in [3.05, 3.63) is 17.0 Å². The van der Waals surface area contributed by atoms with E-state index in [1.165, 1.54) is 4.52 Å². The van der Waals surface area contributed by atoms with Gasteiger partial charge in [-0.3, -0.25) is 9.59 Å². The third-order valence-corrected chi connectivity index (χ3v) is 4.14. The summed E-state index contributed by atoms with van der Waals surface area (Å²) in [6.45, 7) is 1.26. The van der Waals surface area contributed by atoms with Gasteiger partial charge >= 0.3 is 6.18 Å². The summed E-state index contributed by atoms with van der Waals surface area (Å²) in [6.07, 6.45) is -4.63. The van der Waals surface area contributed by atoms with Crippen molar-refractivity contribution in [2.24, 2.45) is 0 Å². The molecule has 0 bridgehead atoms. The average molecular weight is 371 g/mol. The molecule has 3 heterocycles. The number of amides is 2. The number of nitrogens with zero attached hydrogens (tertiary/aromatic N) is 6. The van der Waals surface area contributed by atoms with Crippen LogP contribution in [0.2, 0.25) is 0 Å². The SMILES string of the molecule is Cc1nc2nc(N)nn2c(C)c1CC(=O)N1CC(=O)N(CC(F)(F)F)C1. The summed E-state index contributed by atoms with van der Waals surface area (Å²) in [6, 6.07) is 0. The first-order valence-electron chi connectivity index (χ1n) is 7.66. The van der Waals surface area contributed by atoms with E-state index in [1.807, 2.05) is 0 Å². The van der Waals surface area contributed by atoms with E-state index in [-0.39, 0.29) is 25.6 Å². The monoisotopic (exact) mass is 371 g/mol. The molecule has 2 aromatic heterocycles. The van der Waals surface area contributed by atoms with Gasteiger partial charge in [-0.1, -0.05) is 0 Å². The fraction of sp³-hybridized carbons (Fsp3) is 0.500. The molecule has 0 aromatic carbocycles. The molecule has 1 aliphatic heterocycles. The Morgan fingerprint density at radius 2 is 1.96 bits per heavy atom. The average Bonchev–Trinajstić information content (AvgIpc) is 3.05. The lowest BCUT2D eigenvalue weighted by atomic mass is 10.1. The Hall–Kier alpha value is -2.92. The number of carbonyl (C=O) groups excluding carboxylic acids is 2. The van der Waals surface area contributed by atoms with Crippen molar-refractivity contribution in [3.63, 3.8) is 0 Å². The Kier molecular flexibility index (Phi) is 4.20. The van der Waals surface area contributed by atoms with Gasteiger partial charge in [-0.25, -0.2) is 4.98 Å². The molecule has 9 nitrogen and oxygen atoms in total. The number of hydrogen-bond acceptors (Lipinski definition) is 6. The van der Waals surface area contributed by atoms with E-state index in [1.54, 1.807) is 13.8 Å². The zero-order valence-electron chi connectivity index (χ0n) is 14.0. The smallest absolute Gasteiger partial charge is 0.366 e. The lowest BCUT2D eigenvalue weighted by Crippen LogP contribution is -2.37. The van der Waals surface area contributed by atoms with Gasteiger partial charge < -0.3 is 15.5 Å². The van der Waals surface area contributed by atoms with Gasteiger partial charge in [0.15, 0.2) is 0 Å². The second-order valence-corrected chi connectivity index (χ2v) is 6.06. The van der Waals surface area contributed by atoms with Crippen LogP contribution in [0, 0.1) is 13.8 Å². The summed E-state index contributed by atoms with van der Waals surface area (Å²) in [4.78, 5) is 34.1. The normalized spacial score (nSPS) is 15.3. The van der Waals surface area contributed by atoms with Crippen LogP contribution >= 0.6 is 0 Å². The summed E-state index contributed by atoms with van der Waals surface area (Å²) in [5, 5.41) is 3.99. The molecule has 0 spiro atoms. The van der Waals surface area contributed by atoms with Crippen molar-refractivity contribution in [2.45, 2.75) is 26.4 Å². The van der Waals surface area contributed by atoms with Crippen molar-refractivity contribution < 1.29 is 22.8 Å². The third kappa shape index (κ3) is 3.39. The molecule has 0 unspecified atom stereocenters. The Labute approximate surface area is 145 Å². The topological polar surface area (TPSA) is 110 Å². The fourth-order valence-electron chi connectivity index (χ4n) is 2.86. The zero-order chi connectivity index (χ0) is 19.2. The van der Waals surface area contributed by atoms with Crippen LogP contribution < -0.4 is 5.73 Å². The molecule has 12 heteroatoms. The van der Waals surface area contributed by atoms with Crippen molar-refractivity contribution in [3.8, 4) is 0 Å². The molecule has 1 aliphatic rings. The van der Waals surface area contributed by atoms with E-state index < -0.39 is 24.5 Å². The van der Waals surface area contributed by atoms with Crippen LogP contribution in [-0.4, -0.2) is 67.1 Å². The molecule has 26 heavy (non-hydrogen) atoms. The maximum Gasteiger partial charge on any atom is 0.406 e. The number of aromatic nitrogens is 4. The predicted octanol–water partition coefficient (Wildman–Crippen LogP) is 0.0564. The van der Waals surface area contributed by atoms with Crippen LogP contribution in [-0.2, 0) is 16.0 Å². The second kappa shape index (κ2) is 6.11. The fourth-order valence-corrected chi connectivity index (χ4v) is 2.86. The first-order valence-corrected chi connectivity index (χ1v) is 7.66. The van der Waals surface area contributed by atoms with E-state index >= 15 is 0 Å². The molecular weight excluding hydrogens is 355 g/mol. The number of alkyl halides is 3. The highest BCUT2D eigenvalue weighted by atomic mass is 19.4. The highest BCUT2D eigenvalue weighted by molar-refractivity contribution is 5.88. The van der Waals surface area contributed by atoms with Crippen LogP contribution in [0.1, 0.15) is 17.0 Å². The predicted molar refractivity (Wildman–Crippen MR) is 82.7 cm³/mol. The minimum atomic E-state index is -4.51. The summed E-state index contributed by atoms with van der Waals surface area (Å²) in [7, 11) is 0. The minimum Gasteiger partial charge on any atom is -0.366 e. The molecule has 2 amide bonds. The van der Waals surface area contributed by atoms with Crippen molar-refractivity contribution >= 4 is 23.5 Å². The number of nitrogens with two attached hydrogens (primary N) is 1. The van der Waals surface area contributed by atoms with E-state index in [0.29, 0.717) is 27.6 Å². The van der Waals surface area contributed by atoms with Gasteiger partial charge in [-0.05, 0) is 13.8 Å². The van der Waals surface area contributed by atoms with Gasteiger partial charge in [-0.2, -0.15) is 22.7 Å². The highest BCUT2D eigenvalue weighted by Crippen LogP contribution is 2.21. The van der Waals surface area contributed by atoms with Crippen molar-refractivity contribution in [1.82, 2.24) is 29.4 Å². The standard InChI is InChI=1S/C14H16F3N7O2/c1-7-9(8(2)24-13(19-7)20-12(18)21-24)3-10(25)22-4-11(26)23(6-22)5-14(15,16)17/h3-6H2,1-2H3,(H2,18,21). The number of carbonyl (C=O) groups is 2. The third-order valence-electron chi connectivity index (χ3n) is 4.14. The Morgan fingerprint density at radius 3 is 2.62 bits per heavy atom. The van der Waals surface area contributed by atoms with Crippen LogP contribution in [0.15, 0.2) is 0 Å². The quantitative estimate of drug-likeness (QED) is 0.817. The molecule has 0 radical (unpaired) electrons. The Balaban J connectivity index is 1.78. The van der Waals surface area contributed by atoms with Crippen LogP contribution in [0.25, 0.3) is 5.78 Å². The lowest BCUT2D eigenvalue weighted by Gasteiger charge is -2.20. The summed E-state index contributed by atoms with van der Waals surface area (Å²) in [5.74, 6) is -0.872. The van der Waals surface area contributed by atoms with Gasteiger partial charge in [0.05, 0.1) is 13.1 Å². The molecule has 3 rings (SSSR count). The van der Waals surface area contributed by atoms with Crippen LogP contribution in [0.5, 0.6) is 0 Å². The molecule has 0 saturated carbocycles. The summed E-state index contributed by atoms with van der Waals surface area (Å²) < 4.78 is 38.8. The van der Waals surface area contributed by atoms with Crippen LogP contribution in [0.3, 0.4) is 0 Å². The van der Waals surface area contributed by atoms with Gasteiger partial charge in [0, 0.05) is 17.0 Å². The van der Waals surface area contributed by atoms with Crippen LogP contribution in [0.4, 0.5) is 19.1 Å². The molecule has 2 N–H and O–H groups in total. The number of anilines is 1. The summed E-state index contributed by atoms with van der Waals surface area (Å²) >= 11 is 0. The number of rotatable bonds is 3. The van der Waals surface area contributed by atoms with Gasteiger partial charge in [-0.15, -0.1) is 5.10 Å². The number of halogens is 3. The number of nitrogen functional groups attached to an aromatic ring is 1. The largest absolute Gasteiger partial charge is 0.406 e. The van der Waals surface area contributed by atoms with Gasteiger partial charge in [0.2, 0.25) is 17.8 Å². The first-order chi connectivity index (χ1) is 12.0. The minimum absolute atomic E-state index is 0.0383. The summed E-state index contributed by atoms with van der Waals surface area (Å²) in [5.41, 5.74) is 7.25. The van der Waals surface area contributed by atoms with Crippen molar-refractivity contribution in [1.29, 1.82) is 0 Å². The van der Waals surface area contributed by atoms with Gasteiger partial charge in [0.1, 0.15) is 13.1 Å².